The predicted octanol–water partition coefficient (Wildman–Crippen LogP) is 2.26. The van der Waals surface area contributed by atoms with E-state index in [1.54, 1.807) is 0 Å². The van der Waals surface area contributed by atoms with Crippen molar-refractivity contribution in [2.24, 2.45) is 5.73 Å². The van der Waals surface area contributed by atoms with Crippen LogP contribution in [0.5, 0.6) is 0 Å². The Morgan fingerprint density at radius 3 is 2.76 bits per heavy atom. The van der Waals surface area contributed by atoms with Crippen molar-refractivity contribution in [3.05, 3.63) is 46.5 Å². The van der Waals surface area contributed by atoms with Crippen molar-refractivity contribution in [2.45, 2.75) is 24.8 Å². The molecule has 0 amide bonds. The molecule has 0 spiro atoms. The van der Waals surface area contributed by atoms with Crippen LogP contribution in [0.3, 0.4) is 0 Å². The Bertz CT molecular complexity index is 535. The zero-order chi connectivity index (χ0) is 11.9. The minimum Gasteiger partial charge on any atom is -0.375 e. The van der Waals surface area contributed by atoms with Gasteiger partial charge in [-0.3, -0.25) is 0 Å². The van der Waals surface area contributed by atoms with Gasteiger partial charge in [-0.25, -0.2) is 4.98 Å². The summed E-state index contributed by atoms with van der Waals surface area (Å²) in [7, 11) is 0. The van der Waals surface area contributed by atoms with Crippen LogP contribution < -0.4 is 11.5 Å². The van der Waals surface area contributed by atoms with Gasteiger partial charge in [0.2, 0.25) is 0 Å². The van der Waals surface area contributed by atoms with E-state index >= 15 is 0 Å². The first kappa shape index (κ1) is 10.7. The summed E-state index contributed by atoms with van der Waals surface area (Å²) in [5.41, 5.74) is 14.3. The maximum Gasteiger partial charge on any atom is 0.180 e. The zero-order valence-electron chi connectivity index (χ0n) is 9.52. The van der Waals surface area contributed by atoms with Crippen LogP contribution in [0.1, 0.15) is 29.0 Å². The quantitative estimate of drug-likeness (QED) is 0.810. The molecule has 3 nitrogen and oxygen atoms in total. The van der Waals surface area contributed by atoms with E-state index in [1.165, 1.54) is 11.3 Å². The molecule has 2 aromatic rings. The van der Waals surface area contributed by atoms with Gasteiger partial charge in [0, 0.05) is 0 Å². The number of hydrogen-bond donors (Lipinski definition) is 2. The smallest absolute Gasteiger partial charge is 0.180 e. The number of aromatic nitrogens is 1. The van der Waals surface area contributed by atoms with Crippen molar-refractivity contribution in [3.8, 4) is 0 Å². The second-order valence-electron chi connectivity index (χ2n) is 4.52. The first-order chi connectivity index (χ1) is 8.20. The number of anilines is 1. The Morgan fingerprint density at radius 1 is 1.24 bits per heavy atom. The molecule has 0 radical (unpaired) electrons. The summed E-state index contributed by atoms with van der Waals surface area (Å²) in [6.07, 6.45) is 3.03. The Labute approximate surface area is 104 Å². The van der Waals surface area contributed by atoms with Crippen LogP contribution >= 0.6 is 11.3 Å². The Balaban J connectivity index is 2.15. The average molecular weight is 245 g/mol. The van der Waals surface area contributed by atoms with Crippen LogP contribution in [0.15, 0.2) is 30.3 Å². The lowest BCUT2D eigenvalue weighted by Gasteiger charge is -2.33. The largest absolute Gasteiger partial charge is 0.375 e. The number of thiazole rings is 1. The first-order valence-corrected chi connectivity index (χ1v) is 6.62. The molecule has 1 aliphatic rings. The molecule has 0 aliphatic heterocycles. The summed E-state index contributed by atoms with van der Waals surface area (Å²) in [6.45, 7) is 0. The van der Waals surface area contributed by atoms with E-state index in [1.807, 2.05) is 18.2 Å². The van der Waals surface area contributed by atoms with Gasteiger partial charge < -0.3 is 11.5 Å². The normalized spacial score (nSPS) is 23.4. The Hall–Kier alpha value is -1.39. The molecule has 1 unspecified atom stereocenters. The lowest BCUT2D eigenvalue weighted by atomic mass is 9.79. The van der Waals surface area contributed by atoms with Crippen molar-refractivity contribution in [3.63, 3.8) is 0 Å². The number of fused-ring (bicyclic) bond motifs is 1. The predicted molar refractivity (Wildman–Crippen MR) is 70.9 cm³/mol. The van der Waals surface area contributed by atoms with Crippen LogP contribution in [-0.2, 0) is 12.0 Å². The zero-order valence-corrected chi connectivity index (χ0v) is 10.3. The summed E-state index contributed by atoms with van der Waals surface area (Å²) in [5.74, 6) is 0. The number of rotatable bonds is 1. The van der Waals surface area contributed by atoms with E-state index in [0.29, 0.717) is 5.13 Å². The van der Waals surface area contributed by atoms with E-state index in [2.05, 4.69) is 17.1 Å². The third kappa shape index (κ3) is 1.64. The molecule has 1 aromatic heterocycles. The van der Waals surface area contributed by atoms with Crippen molar-refractivity contribution < 1.29 is 0 Å². The standard InChI is InChI=1S/C13H15N3S/c14-12-16-10-7-4-8-13(15,11(10)17-12)9-5-2-1-3-6-9/h1-3,5-6H,4,7-8,15H2,(H2,14,16). The number of nitrogens with two attached hydrogens (primary N) is 2. The van der Waals surface area contributed by atoms with Crippen LogP contribution in [0.25, 0.3) is 0 Å². The van der Waals surface area contributed by atoms with Crippen molar-refractivity contribution >= 4 is 16.5 Å². The van der Waals surface area contributed by atoms with Gasteiger partial charge in [-0.05, 0) is 24.8 Å². The Kier molecular flexibility index (Phi) is 2.42. The van der Waals surface area contributed by atoms with Gasteiger partial charge in [0.1, 0.15) is 0 Å². The van der Waals surface area contributed by atoms with Crippen LogP contribution in [0.2, 0.25) is 0 Å². The molecule has 4 heteroatoms. The fourth-order valence-corrected chi connectivity index (χ4v) is 3.58. The third-order valence-corrected chi connectivity index (χ3v) is 4.50. The van der Waals surface area contributed by atoms with Crippen molar-refractivity contribution in [1.29, 1.82) is 0 Å². The number of aryl methyl sites for hydroxylation is 1. The number of hydrogen-bond acceptors (Lipinski definition) is 4. The van der Waals surface area contributed by atoms with Gasteiger partial charge in [-0.2, -0.15) is 0 Å². The topological polar surface area (TPSA) is 64.9 Å². The van der Waals surface area contributed by atoms with Crippen LogP contribution in [0, 0.1) is 0 Å². The van der Waals surface area contributed by atoms with Crippen LogP contribution in [0.4, 0.5) is 5.13 Å². The van der Waals surface area contributed by atoms with Gasteiger partial charge in [-0.1, -0.05) is 41.7 Å². The maximum absolute atomic E-state index is 6.62. The van der Waals surface area contributed by atoms with Crippen LogP contribution in [-0.4, -0.2) is 4.98 Å². The minimum atomic E-state index is -0.399. The monoisotopic (exact) mass is 245 g/mol. The van der Waals surface area contributed by atoms with Gasteiger partial charge in [0.05, 0.1) is 16.1 Å². The third-order valence-electron chi connectivity index (χ3n) is 3.39. The van der Waals surface area contributed by atoms with Gasteiger partial charge in [0.15, 0.2) is 5.13 Å². The van der Waals surface area contributed by atoms with Crippen molar-refractivity contribution in [2.75, 3.05) is 5.73 Å². The molecule has 1 aliphatic carbocycles. The molecule has 17 heavy (non-hydrogen) atoms. The van der Waals surface area contributed by atoms with E-state index in [0.717, 1.165) is 35.4 Å². The minimum absolute atomic E-state index is 0.399. The molecule has 0 fully saturated rings. The summed E-state index contributed by atoms with van der Waals surface area (Å²) < 4.78 is 0. The second kappa shape index (κ2) is 3.82. The number of nitrogens with zero attached hydrogens (tertiary/aromatic N) is 1. The molecule has 1 aromatic carbocycles. The van der Waals surface area contributed by atoms with E-state index < -0.39 is 5.54 Å². The fourth-order valence-electron chi connectivity index (χ4n) is 2.55. The molecule has 4 N–H and O–H groups in total. The highest BCUT2D eigenvalue weighted by Crippen LogP contribution is 2.42. The molecule has 0 bridgehead atoms. The van der Waals surface area contributed by atoms with Gasteiger partial charge in [-0.15, -0.1) is 0 Å². The molecular weight excluding hydrogens is 230 g/mol. The van der Waals surface area contributed by atoms with E-state index in [-0.39, 0.29) is 0 Å². The summed E-state index contributed by atoms with van der Waals surface area (Å²) >= 11 is 1.53. The van der Waals surface area contributed by atoms with Gasteiger partial charge >= 0.3 is 0 Å². The van der Waals surface area contributed by atoms with Crippen molar-refractivity contribution in [1.82, 2.24) is 4.98 Å². The first-order valence-electron chi connectivity index (χ1n) is 5.80. The number of nitrogen functional groups attached to an aromatic ring is 1. The molecule has 0 saturated heterocycles. The molecule has 3 rings (SSSR count). The second-order valence-corrected chi connectivity index (χ2v) is 5.55. The molecular formula is C13H15N3S. The van der Waals surface area contributed by atoms with E-state index in [9.17, 15) is 0 Å². The SMILES string of the molecule is Nc1nc2c(s1)C(N)(c1ccccc1)CCC2. The molecule has 1 atom stereocenters. The number of benzene rings is 1. The van der Waals surface area contributed by atoms with Gasteiger partial charge in [0.25, 0.3) is 0 Å². The Morgan fingerprint density at radius 2 is 2.00 bits per heavy atom. The fraction of sp³-hybridized carbons (Fsp3) is 0.308. The lowest BCUT2D eigenvalue weighted by Crippen LogP contribution is -2.40. The summed E-state index contributed by atoms with van der Waals surface area (Å²) in [5, 5.41) is 0.627. The lowest BCUT2D eigenvalue weighted by molar-refractivity contribution is 0.448. The maximum atomic E-state index is 6.62. The highest BCUT2D eigenvalue weighted by atomic mass is 32.1. The summed E-state index contributed by atoms with van der Waals surface area (Å²) in [4.78, 5) is 5.53. The average Bonchev–Trinajstić information content (AvgIpc) is 2.73. The summed E-state index contributed by atoms with van der Waals surface area (Å²) in [6, 6.07) is 10.2. The molecule has 88 valence electrons. The molecule has 0 saturated carbocycles. The highest BCUT2D eigenvalue weighted by Gasteiger charge is 2.37. The molecule has 1 heterocycles. The van der Waals surface area contributed by atoms with E-state index in [4.69, 9.17) is 11.5 Å². The highest BCUT2D eigenvalue weighted by molar-refractivity contribution is 7.15.